The van der Waals surface area contributed by atoms with Crippen LogP contribution in [0.5, 0.6) is 0 Å². The molecule has 2 nitrogen and oxygen atoms in total. The minimum Gasteiger partial charge on any atom is -0.349 e. The minimum absolute atomic E-state index is 0.908. The van der Waals surface area contributed by atoms with Gasteiger partial charge in [0.2, 0.25) is 0 Å². The highest BCUT2D eigenvalue weighted by Gasteiger charge is 2.04. The molecule has 1 N–H and O–H groups in total. The van der Waals surface area contributed by atoms with Gasteiger partial charge in [0.1, 0.15) is 0 Å². The molecule has 0 saturated heterocycles. The van der Waals surface area contributed by atoms with Gasteiger partial charge in [0.25, 0.3) is 0 Å². The van der Waals surface area contributed by atoms with Crippen LogP contribution in [-0.2, 0) is 0 Å². The summed E-state index contributed by atoms with van der Waals surface area (Å²) in [6.07, 6.45) is 3.27. The van der Waals surface area contributed by atoms with Crippen molar-refractivity contribution in [1.29, 1.82) is 5.26 Å². The normalized spacial score (nSPS) is 10.9. The lowest BCUT2D eigenvalue weighted by atomic mass is 10.2. The number of nitrogens with one attached hydrogen (secondary N) is 1. The van der Waals surface area contributed by atoms with Gasteiger partial charge in [-0.05, 0) is 28.1 Å². The van der Waals surface area contributed by atoms with Crippen LogP contribution in [-0.4, -0.2) is 4.98 Å². The maximum atomic E-state index is 8.47. The lowest BCUT2D eigenvalue weighted by Crippen LogP contribution is -1.68. The summed E-state index contributed by atoms with van der Waals surface area (Å²) in [5, 5.41) is 9.58. The van der Waals surface area contributed by atoms with E-state index in [1.54, 1.807) is 6.08 Å². The van der Waals surface area contributed by atoms with Crippen molar-refractivity contribution in [2.45, 2.75) is 0 Å². The molecule has 0 aliphatic rings. The monoisotopic (exact) mass is 246 g/mol. The molecule has 2 rings (SSSR count). The molecule has 3 heteroatoms. The molecule has 1 aromatic carbocycles. The molecule has 0 saturated carbocycles. The molecule has 0 spiro atoms. The molecule has 0 radical (unpaired) electrons. The van der Waals surface area contributed by atoms with E-state index in [2.05, 4.69) is 20.9 Å². The second kappa shape index (κ2) is 3.69. The molecule has 0 aliphatic carbocycles. The third kappa shape index (κ3) is 1.45. The fourth-order valence-corrected chi connectivity index (χ4v) is 1.97. The Morgan fingerprint density at radius 3 is 2.93 bits per heavy atom. The highest BCUT2D eigenvalue weighted by atomic mass is 79.9. The van der Waals surface area contributed by atoms with Crippen LogP contribution in [0.1, 0.15) is 5.56 Å². The zero-order valence-corrected chi connectivity index (χ0v) is 8.88. The largest absolute Gasteiger partial charge is 0.349 e. The number of rotatable bonds is 1. The number of nitriles is 1. The van der Waals surface area contributed by atoms with E-state index >= 15 is 0 Å². The molecule has 0 aliphatic heterocycles. The summed E-state index contributed by atoms with van der Waals surface area (Å²) in [6.45, 7) is 0. The van der Waals surface area contributed by atoms with Crippen LogP contribution >= 0.6 is 15.9 Å². The van der Waals surface area contributed by atoms with Crippen molar-refractivity contribution in [3.8, 4) is 6.07 Å². The number of para-hydroxylation sites is 1. The Balaban J connectivity index is 2.69. The van der Waals surface area contributed by atoms with Gasteiger partial charge in [-0.25, -0.2) is 0 Å². The molecule has 2 aromatic rings. The van der Waals surface area contributed by atoms with Crippen molar-refractivity contribution in [3.63, 3.8) is 0 Å². The Morgan fingerprint density at radius 1 is 1.36 bits per heavy atom. The van der Waals surface area contributed by atoms with Crippen LogP contribution in [0.25, 0.3) is 17.0 Å². The van der Waals surface area contributed by atoms with Gasteiger partial charge in [-0.3, -0.25) is 0 Å². The molecule has 0 unspecified atom stereocenters. The van der Waals surface area contributed by atoms with E-state index in [1.165, 1.54) is 6.08 Å². The van der Waals surface area contributed by atoms with E-state index in [0.29, 0.717) is 0 Å². The summed E-state index contributed by atoms with van der Waals surface area (Å²) >= 11 is 3.42. The Hall–Kier alpha value is -1.53. The van der Waals surface area contributed by atoms with Gasteiger partial charge in [-0.1, -0.05) is 18.2 Å². The number of fused-ring (bicyclic) bond motifs is 1. The first-order valence-corrected chi connectivity index (χ1v) is 4.94. The Labute approximate surface area is 90.0 Å². The lowest BCUT2D eigenvalue weighted by molar-refractivity contribution is 1.40. The van der Waals surface area contributed by atoms with Crippen LogP contribution in [0.3, 0.4) is 0 Å². The summed E-state index contributed by atoms with van der Waals surface area (Å²) in [6, 6.07) is 9.96. The number of aromatic amines is 1. The van der Waals surface area contributed by atoms with Crippen LogP contribution in [0.15, 0.2) is 34.9 Å². The minimum atomic E-state index is 0.908. The third-order valence-corrected chi connectivity index (χ3v) is 2.65. The summed E-state index contributed by atoms with van der Waals surface area (Å²) in [5.74, 6) is 0. The van der Waals surface area contributed by atoms with Crippen LogP contribution in [0, 0.1) is 11.3 Å². The van der Waals surface area contributed by atoms with E-state index in [-0.39, 0.29) is 0 Å². The first kappa shape index (κ1) is 9.04. The van der Waals surface area contributed by atoms with E-state index in [9.17, 15) is 0 Å². The number of nitrogens with zero attached hydrogens (tertiary/aromatic N) is 1. The zero-order valence-electron chi connectivity index (χ0n) is 7.29. The van der Waals surface area contributed by atoms with Crippen molar-refractivity contribution < 1.29 is 0 Å². The standard InChI is InChI=1S/C11H7BrN2/c12-11-9(5-3-7-13)8-4-1-2-6-10(8)14-11/h1-6,14H/b5-3-. The van der Waals surface area contributed by atoms with Crippen molar-refractivity contribution in [1.82, 2.24) is 4.98 Å². The van der Waals surface area contributed by atoms with Gasteiger partial charge in [-0.2, -0.15) is 5.26 Å². The topological polar surface area (TPSA) is 39.6 Å². The Bertz CT molecular complexity index is 532. The van der Waals surface area contributed by atoms with E-state index in [1.807, 2.05) is 30.3 Å². The van der Waals surface area contributed by atoms with Crippen LogP contribution in [0.2, 0.25) is 0 Å². The average Bonchev–Trinajstić information content (AvgIpc) is 2.51. The zero-order chi connectivity index (χ0) is 9.97. The number of hydrogen-bond donors (Lipinski definition) is 1. The van der Waals surface area contributed by atoms with Crippen molar-refractivity contribution in [2.24, 2.45) is 0 Å². The van der Waals surface area contributed by atoms with E-state index < -0.39 is 0 Å². The van der Waals surface area contributed by atoms with Gasteiger partial charge >= 0.3 is 0 Å². The van der Waals surface area contributed by atoms with Gasteiger partial charge in [-0.15, -0.1) is 0 Å². The molecule has 0 bridgehead atoms. The molecular formula is C11H7BrN2. The number of hydrogen-bond acceptors (Lipinski definition) is 1. The predicted molar refractivity (Wildman–Crippen MR) is 60.6 cm³/mol. The van der Waals surface area contributed by atoms with Crippen molar-refractivity contribution >= 4 is 32.9 Å². The number of aromatic nitrogens is 1. The first-order valence-electron chi connectivity index (χ1n) is 4.15. The first-order chi connectivity index (χ1) is 6.83. The smallest absolute Gasteiger partial charge is 0.0912 e. The molecule has 14 heavy (non-hydrogen) atoms. The van der Waals surface area contributed by atoms with Crippen LogP contribution in [0.4, 0.5) is 0 Å². The molecule has 1 heterocycles. The van der Waals surface area contributed by atoms with Gasteiger partial charge < -0.3 is 4.98 Å². The second-order valence-electron chi connectivity index (χ2n) is 2.86. The van der Waals surface area contributed by atoms with Crippen LogP contribution < -0.4 is 0 Å². The van der Waals surface area contributed by atoms with E-state index in [4.69, 9.17) is 5.26 Å². The van der Waals surface area contributed by atoms with Gasteiger partial charge in [0.15, 0.2) is 0 Å². The molecular weight excluding hydrogens is 240 g/mol. The maximum absolute atomic E-state index is 8.47. The quantitative estimate of drug-likeness (QED) is 0.770. The predicted octanol–water partition coefficient (Wildman–Crippen LogP) is 3.47. The highest BCUT2D eigenvalue weighted by Crippen LogP contribution is 2.27. The molecule has 0 atom stereocenters. The Kier molecular flexibility index (Phi) is 2.38. The summed E-state index contributed by atoms with van der Waals surface area (Å²) in [5.41, 5.74) is 2.08. The highest BCUT2D eigenvalue weighted by molar-refractivity contribution is 9.10. The van der Waals surface area contributed by atoms with Gasteiger partial charge in [0.05, 0.1) is 10.7 Å². The molecule has 68 valence electrons. The molecule has 1 aromatic heterocycles. The summed E-state index contributed by atoms with van der Waals surface area (Å²) < 4.78 is 0.908. The maximum Gasteiger partial charge on any atom is 0.0912 e. The lowest BCUT2D eigenvalue weighted by Gasteiger charge is -1.89. The third-order valence-electron chi connectivity index (χ3n) is 2.02. The molecule has 0 amide bonds. The number of benzene rings is 1. The summed E-state index contributed by atoms with van der Waals surface area (Å²) in [4.78, 5) is 3.19. The number of allylic oxidation sites excluding steroid dienone is 1. The number of H-pyrrole nitrogens is 1. The van der Waals surface area contributed by atoms with Crippen molar-refractivity contribution in [3.05, 3.63) is 40.5 Å². The second-order valence-corrected chi connectivity index (χ2v) is 3.65. The fourth-order valence-electron chi connectivity index (χ4n) is 1.41. The van der Waals surface area contributed by atoms with Crippen molar-refractivity contribution in [2.75, 3.05) is 0 Å². The van der Waals surface area contributed by atoms with Gasteiger partial charge in [0, 0.05) is 22.5 Å². The fraction of sp³-hybridized carbons (Fsp3) is 0. The average molecular weight is 247 g/mol. The molecule has 0 fully saturated rings. The SMILES string of the molecule is N#C/C=C\c1c(Br)[nH]c2ccccc12. The summed E-state index contributed by atoms with van der Waals surface area (Å²) in [7, 11) is 0. The Morgan fingerprint density at radius 2 is 2.14 bits per heavy atom. The number of halogens is 1. The van der Waals surface area contributed by atoms with E-state index in [0.717, 1.165) is 21.1 Å².